The summed E-state index contributed by atoms with van der Waals surface area (Å²) >= 11 is 0. The monoisotopic (exact) mass is 1420 g/mol. The summed E-state index contributed by atoms with van der Waals surface area (Å²) in [6, 6.07) is 12.2. The van der Waals surface area contributed by atoms with Crippen molar-refractivity contribution in [3.8, 4) is 57.4 Å². The first-order valence-corrected chi connectivity index (χ1v) is 44.4. The number of oxazole rings is 2. The molecule has 0 atom stereocenters. The Labute approximate surface area is 626 Å². The van der Waals surface area contributed by atoms with Gasteiger partial charge in [-0.25, -0.2) is 9.97 Å². The molecule has 102 heavy (non-hydrogen) atoms. The summed E-state index contributed by atoms with van der Waals surface area (Å²) in [7, 11) is 0. The minimum Gasteiger partial charge on any atom is -0.490 e. The van der Waals surface area contributed by atoms with Crippen LogP contribution in [-0.4, -0.2) is 49.6 Å². The van der Waals surface area contributed by atoms with Crippen molar-refractivity contribution in [3.63, 3.8) is 0 Å². The molecule has 582 valence electrons. The van der Waals surface area contributed by atoms with E-state index < -0.39 is 0 Å². The van der Waals surface area contributed by atoms with Gasteiger partial charge in [0.1, 0.15) is 11.0 Å². The Balaban J connectivity index is 1.41. The molecule has 0 aliphatic heterocycles. The van der Waals surface area contributed by atoms with Crippen LogP contribution in [0.4, 0.5) is 0 Å². The molecule has 0 aliphatic carbocycles. The van der Waals surface area contributed by atoms with E-state index in [0.29, 0.717) is 108 Å². The Hall–Kier alpha value is -4.60. The van der Waals surface area contributed by atoms with Crippen molar-refractivity contribution >= 4 is 22.2 Å². The highest BCUT2D eigenvalue weighted by Gasteiger charge is 2.23. The Morgan fingerprint density at radius 3 is 0.559 bits per heavy atom. The minimum absolute atomic E-state index is 0.494. The van der Waals surface area contributed by atoms with E-state index in [1.165, 1.54) is 308 Å². The van der Waals surface area contributed by atoms with E-state index in [2.05, 4.69) is 65.8 Å². The minimum atomic E-state index is 0.494. The molecule has 0 N–H and O–H groups in total. The van der Waals surface area contributed by atoms with Crippen molar-refractivity contribution in [3.05, 3.63) is 36.4 Å². The maximum atomic E-state index is 6.82. The lowest BCUT2D eigenvalue weighted by molar-refractivity contribution is 0.234. The van der Waals surface area contributed by atoms with Gasteiger partial charge < -0.3 is 37.3 Å². The van der Waals surface area contributed by atoms with E-state index >= 15 is 0 Å². The van der Waals surface area contributed by atoms with Gasteiger partial charge in [-0.3, -0.25) is 0 Å². The van der Waals surface area contributed by atoms with E-state index in [1.54, 1.807) is 0 Å². The average molecular weight is 1420 g/mol. The van der Waals surface area contributed by atoms with Gasteiger partial charge in [0.25, 0.3) is 0 Å². The lowest BCUT2D eigenvalue weighted by Crippen LogP contribution is -2.07. The van der Waals surface area contributed by atoms with Crippen molar-refractivity contribution in [1.29, 1.82) is 0 Å². The van der Waals surface area contributed by atoms with Crippen LogP contribution in [-0.2, 0) is 0 Å². The molecule has 0 amide bonds. The smallest absolute Gasteiger partial charge is 0.227 e. The molecule has 0 saturated carbocycles. The number of benzene rings is 3. The van der Waals surface area contributed by atoms with Gasteiger partial charge in [0, 0.05) is 23.3 Å². The molecule has 2 aromatic heterocycles. The molecule has 0 unspecified atom stereocenters. The Bertz CT molecular complexity index is 2410. The third kappa shape index (κ3) is 40.2. The Kier molecular flexibility index (Phi) is 53.1. The molecule has 0 bridgehead atoms. The largest absolute Gasteiger partial charge is 0.490 e. The van der Waals surface area contributed by atoms with Crippen LogP contribution in [0.1, 0.15) is 427 Å². The molecule has 0 spiro atoms. The van der Waals surface area contributed by atoms with Crippen LogP contribution in [0, 0.1) is 0 Å². The van der Waals surface area contributed by atoms with Gasteiger partial charge in [-0.1, -0.05) is 388 Å². The molecule has 3 aromatic carbocycles. The molecule has 0 saturated heterocycles. The van der Waals surface area contributed by atoms with Gasteiger partial charge in [-0.05, 0) is 62.8 Å². The normalized spacial score (nSPS) is 11.7. The van der Waals surface area contributed by atoms with Crippen molar-refractivity contribution in [2.24, 2.45) is 0 Å². The van der Waals surface area contributed by atoms with Gasteiger partial charge in [0.15, 0.2) is 34.2 Å². The molecular formula is C92H156N2O8. The van der Waals surface area contributed by atoms with E-state index in [0.717, 1.165) is 88.2 Å². The fourth-order valence-electron chi connectivity index (χ4n) is 14.3. The standard InChI is InChI=1S/C92H156N2O8/c1-7-13-19-25-31-37-43-49-55-61-67-95-85-73-79(74-86(96-68-62-56-50-44-38-32-26-20-14-8-2)89(85)99-71-65-59-53-47-41-35-29-23-17-11-5)91-93-81-77-84-82(78-83(81)101-91)94-92(102-84)80-75-87(97-69-63-57-51-45-39-33-27-21-15-9-3)90(100-72-66-60-54-48-42-36-30-24-18-12-6)88(76-80)98-70-64-58-52-46-40-34-28-22-16-10-4/h73-78H,7-72H2,1-6H3. The maximum Gasteiger partial charge on any atom is 0.227 e. The molecule has 5 aromatic rings. The SMILES string of the molecule is CCCCCCCCCCCCOc1cc(-c2nc3cc4oc(-c5cc(OCCCCCCCCCCCC)c(OCCCCCCCCCCCC)c(OCCCCCCCCCCCC)c5)nc4cc3o2)cc(OCCCCCCCCCCCC)c1OCCCCCCCCCCCC. The second-order valence-corrected chi connectivity index (χ2v) is 30.6. The molecule has 0 radical (unpaired) electrons. The summed E-state index contributed by atoms with van der Waals surface area (Å²) in [5.74, 6) is 5.19. The highest BCUT2D eigenvalue weighted by atomic mass is 16.5. The second kappa shape index (κ2) is 61.5. The first kappa shape index (κ1) is 88.0. The topological polar surface area (TPSA) is 107 Å². The van der Waals surface area contributed by atoms with Crippen molar-refractivity contribution < 1.29 is 37.3 Å². The van der Waals surface area contributed by atoms with Crippen LogP contribution in [0.5, 0.6) is 34.5 Å². The summed E-state index contributed by atoms with van der Waals surface area (Å²) in [5.41, 5.74) is 4.25. The van der Waals surface area contributed by atoms with Crippen molar-refractivity contribution in [2.75, 3.05) is 39.6 Å². The highest BCUT2D eigenvalue weighted by Crippen LogP contribution is 2.45. The summed E-state index contributed by atoms with van der Waals surface area (Å²) in [5, 5.41) is 0. The Morgan fingerprint density at radius 1 is 0.206 bits per heavy atom. The first-order valence-electron chi connectivity index (χ1n) is 44.4. The Morgan fingerprint density at radius 2 is 0.373 bits per heavy atom. The number of aromatic nitrogens is 2. The van der Waals surface area contributed by atoms with Crippen LogP contribution in [0.2, 0.25) is 0 Å². The zero-order valence-electron chi connectivity index (χ0n) is 67.3. The second-order valence-electron chi connectivity index (χ2n) is 30.6. The van der Waals surface area contributed by atoms with E-state index in [1.807, 2.05) is 12.1 Å². The van der Waals surface area contributed by atoms with Crippen LogP contribution >= 0.6 is 0 Å². The van der Waals surface area contributed by atoms with Crippen LogP contribution < -0.4 is 28.4 Å². The molecule has 0 aliphatic rings. The van der Waals surface area contributed by atoms with Gasteiger partial charge in [-0.15, -0.1) is 0 Å². The molecule has 5 rings (SSSR count). The van der Waals surface area contributed by atoms with E-state index in [4.69, 9.17) is 47.2 Å². The third-order valence-electron chi connectivity index (χ3n) is 20.9. The number of nitrogens with zero attached hydrogens (tertiary/aromatic N) is 2. The zero-order valence-corrected chi connectivity index (χ0v) is 67.3. The number of rotatable bonds is 74. The van der Waals surface area contributed by atoms with Crippen molar-refractivity contribution in [2.45, 2.75) is 427 Å². The molecule has 0 fully saturated rings. The summed E-state index contributed by atoms with van der Waals surface area (Å²) in [4.78, 5) is 10.4. The third-order valence-corrected chi connectivity index (χ3v) is 20.9. The summed E-state index contributed by atoms with van der Waals surface area (Å²) in [6.45, 7) is 17.5. The number of unbranched alkanes of at least 4 members (excludes halogenated alkanes) is 54. The predicted octanol–water partition coefficient (Wildman–Crippen LogP) is 31.1. The lowest BCUT2D eigenvalue weighted by Gasteiger charge is -2.18. The zero-order chi connectivity index (χ0) is 72.1. The summed E-state index contributed by atoms with van der Waals surface area (Å²) in [6.07, 6.45) is 76.4. The lowest BCUT2D eigenvalue weighted by atomic mass is 10.1. The molecule has 10 heteroatoms. The number of ether oxygens (including phenoxy) is 6. The molecular weight excluding hydrogens is 1260 g/mol. The number of hydrogen-bond donors (Lipinski definition) is 0. The molecule has 10 nitrogen and oxygen atoms in total. The number of hydrogen-bond acceptors (Lipinski definition) is 10. The maximum absolute atomic E-state index is 6.82. The van der Waals surface area contributed by atoms with Gasteiger partial charge >= 0.3 is 0 Å². The molecule has 2 heterocycles. The van der Waals surface area contributed by atoms with E-state index in [-0.39, 0.29) is 0 Å². The van der Waals surface area contributed by atoms with Gasteiger partial charge in [0.2, 0.25) is 23.3 Å². The van der Waals surface area contributed by atoms with Gasteiger partial charge in [0.05, 0.1) is 39.6 Å². The first-order chi connectivity index (χ1) is 50.5. The highest BCUT2D eigenvalue weighted by molar-refractivity contribution is 5.91. The van der Waals surface area contributed by atoms with Crippen molar-refractivity contribution in [1.82, 2.24) is 9.97 Å². The fourth-order valence-corrected chi connectivity index (χ4v) is 14.3. The van der Waals surface area contributed by atoms with E-state index in [9.17, 15) is 0 Å². The predicted molar refractivity (Wildman–Crippen MR) is 436 cm³/mol. The fraction of sp³-hybridized carbons (Fsp3) is 0.783. The quantitative estimate of drug-likeness (QED) is 0.0349. The average Bonchev–Trinajstić information content (AvgIpc) is 1.60. The van der Waals surface area contributed by atoms with Gasteiger partial charge in [-0.2, -0.15) is 0 Å². The summed E-state index contributed by atoms with van der Waals surface area (Å²) < 4.78 is 54.4. The van der Waals surface area contributed by atoms with Crippen LogP contribution in [0.3, 0.4) is 0 Å². The number of fused-ring (bicyclic) bond motifs is 2. The van der Waals surface area contributed by atoms with Crippen LogP contribution in [0.15, 0.2) is 45.2 Å². The van der Waals surface area contributed by atoms with Crippen LogP contribution in [0.25, 0.3) is 45.1 Å².